The number of nitrogens with zero attached hydrogens (tertiary/aromatic N) is 2. The highest BCUT2D eigenvalue weighted by Crippen LogP contribution is 2.35. The first-order valence-electron chi connectivity index (χ1n) is 12.5. The van der Waals surface area contributed by atoms with Gasteiger partial charge in [-0.2, -0.15) is 0 Å². The zero-order valence-corrected chi connectivity index (χ0v) is 21.1. The molecule has 0 spiro atoms. The largest absolute Gasteiger partial charge is 0.298 e. The van der Waals surface area contributed by atoms with E-state index in [-0.39, 0.29) is 11.6 Å². The molecular weight excluding hydrogens is 387 g/mol. The van der Waals surface area contributed by atoms with E-state index in [9.17, 15) is 9.18 Å². The Bertz CT molecular complexity index is 615. The number of carbonyl (C=O) groups excluding carboxylic acids is 1. The topological polar surface area (TPSA) is 23.6 Å². The Labute approximate surface area is 191 Å². The lowest BCUT2D eigenvalue weighted by Gasteiger charge is -2.48. The highest BCUT2D eigenvalue weighted by Gasteiger charge is 2.43. The number of halogens is 1. The van der Waals surface area contributed by atoms with Gasteiger partial charge in [0.2, 0.25) is 0 Å². The number of Topliss-reactive ketones (excluding diaryl/α,β-unsaturated/α-hetero) is 1. The van der Waals surface area contributed by atoms with E-state index in [1.54, 1.807) is 19.4 Å². The van der Waals surface area contributed by atoms with Crippen molar-refractivity contribution >= 4 is 5.78 Å². The van der Waals surface area contributed by atoms with E-state index in [1.165, 1.54) is 57.1 Å². The van der Waals surface area contributed by atoms with E-state index in [1.807, 2.05) is 13.1 Å². The van der Waals surface area contributed by atoms with Gasteiger partial charge in [-0.05, 0) is 65.5 Å². The van der Waals surface area contributed by atoms with Crippen molar-refractivity contribution in [3.63, 3.8) is 0 Å². The molecule has 2 rings (SSSR count). The summed E-state index contributed by atoms with van der Waals surface area (Å²) in [5.74, 6) is 0.00346. The van der Waals surface area contributed by atoms with Gasteiger partial charge in [-0.3, -0.25) is 14.6 Å². The summed E-state index contributed by atoms with van der Waals surface area (Å²) in [4.78, 5) is 17.4. The SMILES string of the molecule is C/C=C(F)\C=C/CN(C)C1(C(C)=O)CCN(C2CCCC/C2=C\CCC)CC1.CCC. The fraction of sp³-hybridized carbons (Fsp3) is 0.741. The summed E-state index contributed by atoms with van der Waals surface area (Å²) in [5, 5.41) is 0. The number of likely N-dealkylation sites (tertiary alicyclic amines) is 1. The second kappa shape index (κ2) is 14.7. The van der Waals surface area contributed by atoms with Crippen LogP contribution >= 0.6 is 0 Å². The molecule has 2 aliphatic rings. The summed E-state index contributed by atoms with van der Waals surface area (Å²) >= 11 is 0. The summed E-state index contributed by atoms with van der Waals surface area (Å²) in [6.45, 7) is 12.4. The van der Waals surface area contributed by atoms with Crippen molar-refractivity contribution in [3.05, 3.63) is 35.7 Å². The third-order valence-corrected chi connectivity index (χ3v) is 6.70. The lowest BCUT2D eigenvalue weighted by atomic mass is 9.80. The van der Waals surface area contributed by atoms with Crippen molar-refractivity contribution < 1.29 is 9.18 Å². The van der Waals surface area contributed by atoms with E-state index >= 15 is 0 Å². The Morgan fingerprint density at radius 2 is 1.87 bits per heavy atom. The van der Waals surface area contributed by atoms with Crippen LogP contribution in [-0.4, -0.2) is 53.8 Å². The van der Waals surface area contributed by atoms with Crippen molar-refractivity contribution in [2.75, 3.05) is 26.7 Å². The molecule has 4 heteroatoms. The molecule has 2 fully saturated rings. The smallest absolute Gasteiger partial charge is 0.150 e. The van der Waals surface area contributed by atoms with Crippen molar-refractivity contribution in [2.24, 2.45) is 0 Å². The lowest BCUT2D eigenvalue weighted by molar-refractivity contribution is -0.131. The number of allylic oxidation sites excluding steroid dienone is 4. The van der Waals surface area contributed by atoms with Crippen LogP contribution in [0.25, 0.3) is 0 Å². The molecule has 0 radical (unpaired) electrons. The van der Waals surface area contributed by atoms with Gasteiger partial charge in [0, 0.05) is 25.7 Å². The molecule has 1 saturated carbocycles. The number of piperidine rings is 1. The molecule has 178 valence electrons. The quantitative estimate of drug-likeness (QED) is 0.308. The second-order valence-corrected chi connectivity index (χ2v) is 9.12. The van der Waals surface area contributed by atoms with Gasteiger partial charge < -0.3 is 0 Å². The first-order chi connectivity index (χ1) is 14.9. The normalized spacial score (nSPS) is 23.8. The molecule has 0 aromatic rings. The van der Waals surface area contributed by atoms with Crippen LogP contribution in [0.15, 0.2) is 35.7 Å². The summed E-state index contributed by atoms with van der Waals surface area (Å²) < 4.78 is 13.3. The predicted octanol–water partition coefficient (Wildman–Crippen LogP) is 6.86. The monoisotopic (exact) mass is 434 g/mol. The maximum atomic E-state index is 13.3. The average molecular weight is 435 g/mol. The van der Waals surface area contributed by atoms with Gasteiger partial charge in [-0.15, -0.1) is 0 Å². The van der Waals surface area contributed by atoms with Gasteiger partial charge >= 0.3 is 0 Å². The third-order valence-electron chi connectivity index (χ3n) is 6.70. The van der Waals surface area contributed by atoms with Crippen LogP contribution < -0.4 is 0 Å². The Morgan fingerprint density at radius 3 is 2.42 bits per heavy atom. The fourth-order valence-electron chi connectivity index (χ4n) is 4.81. The van der Waals surface area contributed by atoms with Crippen LogP contribution in [0.1, 0.15) is 92.4 Å². The zero-order valence-electron chi connectivity index (χ0n) is 21.1. The van der Waals surface area contributed by atoms with Gasteiger partial charge in [0.15, 0.2) is 0 Å². The van der Waals surface area contributed by atoms with Gasteiger partial charge in [0.05, 0.1) is 5.54 Å². The molecule has 1 aliphatic heterocycles. The minimum absolute atomic E-state index is 0.233. The summed E-state index contributed by atoms with van der Waals surface area (Å²) in [6.07, 6.45) is 17.7. The van der Waals surface area contributed by atoms with E-state index in [4.69, 9.17) is 0 Å². The second-order valence-electron chi connectivity index (χ2n) is 9.12. The molecule has 3 nitrogen and oxygen atoms in total. The van der Waals surface area contributed by atoms with Crippen LogP contribution in [0, 0.1) is 0 Å². The van der Waals surface area contributed by atoms with Crippen molar-refractivity contribution in [3.8, 4) is 0 Å². The van der Waals surface area contributed by atoms with Crippen LogP contribution in [0.2, 0.25) is 0 Å². The summed E-state index contributed by atoms with van der Waals surface area (Å²) in [7, 11) is 2.00. The molecular formula is C27H47FN2O. The molecule has 0 N–H and O–H groups in total. The molecule has 0 bridgehead atoms. The third kappa shape index (κ3) is 8.31. The number of unbranched alkanes of at least 4 members (excludes halogenated alkanes) is 1. The number of ketones is 1. The summed E-state index contributed by atoms with van der Waals surface area (Å²) in [6, 6.07) is 0.569. The molecule has 1 atom stereocenters. The van der Waals surface area contributed by atoms with E-state index in [0.717, 1.165) is 25.9 Å². The van der Waals surface area contributed by atoms with Crippen LogP contribution in [-0.2, 0) is 4.79 Å². The zero-order chi connectivity index (χ0) is 23.3. The standard InChI is InChI=1S/C24H39FN2O.C3H8/c1-5-7-11-21-12-8-9-14-23(21)27-18-15-24(16-19-27,20(3)28)26(4)17-10-13-22(25)6-2;1-3-2/h6,10-11,13,23H,5,7-9,12,14-19H2,1-4H3;3H2,1-2H3/b13-10-,21-11+,22-6+;. The fourth-order valence-corrected chi connectivity index (χ4v) is 4.81. The number of likely N-dealkylation sites (N-methyl/N-ethyl adjacent to an activating group) is 1. The molecule has 0 amide bonds. The average Bonchev–Trinajstić information content (AvgIpc) is 2.78. The molecule has 0 aromatic heterocycles. The van der Waals surface area contributed by atoms with Crippen molar-refractivity contribution in [1.29, 1.82) is 0 Å². The maximum Gasteiger partial charge on any atom is 0.150 e. The Morgan fingerprint density at radius 1 is 1.23 bits per heavy atom. The molecule has 1 aliphatic carbocycles. The first-order valence-corrected chi connectivity index (χ1v) is 12.5. The maximum absolute atomic E-state index is 13.3. The highest BCUT2D eigenvalue weighted by atomic mass is 19.1. The van der Waals surface area contributed by atoms with E-state index < -0.39 is 5.54 Å². The first kappa shape index (κ1) is 27.8. The van der Waals surface area contributed by atoms with Gasteiger partial charge in [-0.25, -0.2) is 4.39 Å². The molecule has 1 saturated heterocycles. The van der Waals surface area contributed by atoms with Crippen LogP contribution in [0.4, 0.5) is 4.39 Å². The number of carbonyl (C=O) groups is 1. The predicted molar refractivity (Wildman–Crippen MR) is 132 cm³/mol. The Balaban J connectivity index is 0.00000151. The highest BCUT2D eigenvalue weighted by molar-refractivity contribution is 5.86. The van der Waals surface area contributed by atoms with Crippen molar-refractivity contribution in [2.45, 2.75) is 104 Å². The Kier molecular flexibility index (Phi) is 13.2. The molecule has 1 heterocycles. The number of rotatable bonds is 8. The van der Waals surface area contributed by atoms with Gasteiger partial charge in [0.25, 0.3) is 0 Å². The summed E-state index contributed by atoms with van der Waals surface area (Å²) in [5.41, 5.74) is 1.21. The minimum Gasteiger partial charge on any atom is -0.298 e. The number of hydrogen-bond acceptors (Lipinski definition) is 3. The van der Waals surface area contributed by atoms with Crippen LogP contribution in [0.5, 0.6) is 0 Å². The minimum atomic E-state index is -0.421. The van der Waals surface area contributed by atoms with Gasteiger partial charge in [-0.1, -0.05) is 63.8 Å². The van der Waals surface area contributed by atoms with E-state index in [0.29, 0.717) is 12.6 Å². The molecule has 0 aromatic carbocycles. The lowest BCUT2D eigenvalue weighted by Crippen LogP contribution is -2.59. The Hall–Kier alpha value is -1.26. The molecule has 1 unspecified atom stereocenters. The van der Waals surface area contributed by atoms with Crippen LogP contribution in [0.3, 0.4) is 0 Å². The molecule has 31 heavy (non-hydrogen) atoms. The van der Waals surface area contributed by atoms with E-state index in [2.05, 4.69) is 36.6 Å². The van der Waals surface area contributed by atoms with Gasteiger partial charge in [0.1, 0.15) is 11.6 Å². The van der Waals surface area contributed by atoms with Crippen molar-refractivity contribution in [1.82, 2.24) is 9.80 Å². The number of hydrogen-bond donors (Lipinski definition) is 0.